The summed E-state index contributed by atoms with van der Waals surface area (Å²) in [5.74, 6) is 1.44. The maximum atomic E-state index is 5.34. The molecule has 28 heavy (non-hydrogen) atoms. The van der Waals surface area contributed by atoms with Crippen LogP contribution in [0.3, 0.4) is 0 Å². The minimum absolute atomic E-state index is 0.611. The van der Waals surface area contributed by atoms with Crippen molar-refractivity contribution in [3.63, 3.8) is 0 Å². The van der Waals surface area contributed by atoms with Gasteiger partial charge in [-0.1, -0.05) is 36.4 Å². The lowest BCUT2D eigenvalue weighted by Gasteiger charge is -2.10. The Hall–Kier alpha value is -3.21. The molecule has 1 heterocycles. The van der Waals surface area contributed by atoms with Crippen molar-refractivity contribution in [3.8, 4) is 11.5 Å². The van der Waals surface area contributed by atoms with Crippen LogP contribution in [0, 0.1) is 13.8 Å². The van der Waals surface area contributed by atoms with Gasteiger partial charge in [0, 0.05) is 23.5 Å². The minimum Gasteiger partial charge on any atom is -0.493 e. The van der Waals surface area contributed by atoms with E-state index in [0.29, 0.717) is 6.54 Å². The van der Waals surface area contributed by atoms with Gasteiger partial charge in [-0.3, -0.25) is 0 Å². The number of aromatic nitrogens is 1. The van der Waals surface area contributed by atoms with E-state index in [2.05, 4.69) is 59.3 Å². The third kappa shape index (κ3) is 4.55. The van der Waals surface area contributed by atoms with E-state index in [1.165, 1.54) is 17.0 Å². The molecule has 0 saturated carbocycles. The Morgan fingerprint density at radius 3 is 2.39 bits per heavy atom. The number of nitrogens with one attached hydrogen (secondary N) is 1. The summed E-state index contributed by atoms with van der Waals surface area (Å²) in [5, 5.41) is 4.40. The molecule has 0 amide bonds. The van der Waals surface area contributed by atoms with E-state index in [9.17, 15) is 0 Å². The molecule has 3 aromatic rings. The smallest absolute Gasteiger partial charge is 0.161 e. The van der Waals surface area contributed by atoms with Gasteiger partial charge in [-0.05, 0) is 43.2 Å². The van der Waals surface area contributed by atoms with E-state index in [1.807, 2.05) is 30.5 Å². The lowest BCUT2D eigenvalue weighted by atomic mass is 10.2. The van der Waals surface area contributed by atoms with E-state index in [1.54, 1.807) is 14.2 Å². The zero-order chi connectivity index (χ0) is 19.9. The molecule has 0 atom stereocenters. The average molecular weight is 377 g/mol. The van der Waals surface area contributed by atoms with Crippen LogP contribution in [0.1, 0.15) is 28.1 Å². The number of rotatable bonds is 8. The summed E-state index contributed by atoms with van der Waals surface area (Å²) in [5.41, 5.74) is 9.02. The van der Waals surface area contributed by atoms with Crippen LogP contribution in [-0.2, 0) is 13.1 Å². The van der Waals surface area contributed by atoms with Crippen molar-refractivity contribution in [2.24, 2.45) is 5.10 Å². The second-order valence-corrected chi connectivity index (χ2v) is 6.68. The lowest BCUT2D eigenvalue weighted by molar-refractivity contribution is 0.354. The standard InChI is InChI=1S/C23H27N3O2/c1-17-12-21(18(2)26(17)16-19-8-6-5-7-9-19)15-25-24-14-20-10-11-22(27-3)23(13-20)28-4/h5-13,15,24H,14,16H2,1-4H3/b25-15+. The Labute approximate surface area is 166 Å². The van der Waals surface area contributed by atoms with Crippen molar-refractivity contribution in [1.82, 2.24) is 9.99 Å². The van der Waals surface area contributed by atoms with Gasteiger partial charge < -0.3 is 19.5 Å². The highest BCUT2D eigenvalue weighted by Crippen LogP contribution is 2.27. The first-order valence-corrected chi connectivity index (χ1v) is 9.30. The van der Waals surface area contributed by atoms with Crippen molar-refractivity contribution in [3.05, 3.63) is 82.7 Å². The molecular weight excluding hydrogens is 350 g/mol. The molecule has 1 aromatic heterocycles. The minimum atomic E-state index is 0.611. The number of hydrazone groups is 1. The molecule has 5 nitrogen and oxygen atoms in total. The molecule has 2 aromatic carbocycles. The van der Waals surface area contributed by atoms with E-state index >= 15 is 0 Å². The van der Waals surface area contributed by atoms with Crippen LogP contribution in [0.25, 0.3) is 0 Å². The summed E-state index contributed by atoms with van der Waals surface area (Å²) in [6.07, 6.45) is 1.88. The molecule has 0 aliphatic heterocycles. The number of hydrogen-bond donors (Lipinski definition) is 1. The van der Waals surface area contributed by atoms with Crippen LogP contribution in [-0.4, -0.2) is 25.0 Å². The fourth-order valence-corrected chi connectivity index (χ4v) is 3.21. The molecule has 0 unspecified atom stereocenters. The maximum absolute atomic E-state index is 5.34. The molecule has 0 aliphatic rings. The third-order valence-electron chi connectivity index (χ3n) is 4.82. The highest BCUT2D eigenvalue weighted by Gasteiger charge is 2.08. The first-order valence-electron chi connectivity index (χ1n) is 9.30. The van der Waals surface area contributed by atoms with Crippen molar-refractivity contribution < 1.29 is 9.47 Å². The number of methoxy groups -OCH3 is 2. The van der Waals surface area contributed by atoms with Crippen LogP contribution in [0.15, 0.2) is 59.7 Å². The largest absolute Gasteiger partial charge is 0.493 e. The Morgan fingerprint density at radius 1 is 0.929 bits per heavy atom. The van der Waals surface area contributed by atoms with E-state index < -0.39 is 0 Å². The van der Waals surface area contributed by atoms with Crippen molar-refractivity contribution in [1.29, 1.82) is 0 Å². The Bertz CT molecular complexity index is 946. The summed E-state index contributed by atoms with van der Waals surface area (Å²) >= 11 is 0. The fraction of sp³-hybridized carbons (Fsp3) is 0.261. The second kappa shape index (κ2) is 9.13. The predicted octanol–water partition coefficient (Wildman–Crippen LogP) is 4.29. The third-order valence-corrected chi connectivity index (χ3v) is 4.82. The molecule has 3 rings (SSSR count). The fourth-order valence-electron chi connectivity index (χ4n) is 3.21. The van der Waals surface area contributed by atoms with Gasteiger partial charge in [-0.15, -0.1) is 0 Å². The Morgan fingerprint density at radius 2 is 1.68 bits per heavy atom. The zero-order valence-electron chi connectivity index (χ0n) is 16.9. The predicted molar refractivity (Wildman–Crippen MR) is 113 cm³/mol. The van der Waals surface area contributed by atoms with Gasteiger partial charge in [-0.25, -0.2) is 0 Å². The number of nitrogens with zero attached hydrogens (tertiary/aromatic N) is 2. The van der Waals surface area contributed by atoms with Gasteiger partial charge >= 0.3 is 0 Å². The van der Waals surface area contributed by atoms with Gasteiger partial charge in [0.2, 0.25) is 0 Å². The molecule has 0 aliphatic carbocycles. The molecule has 0 bridgehead atoms. The van der Waals surface area contributed by atoms with E-state index in [4.69, 9.17) is 9.47 Å². The molecule has 146 valence electrons. The first-order chi connectivity index (χ1) is 13.6. The Balaban J connectivity index is 1.64. The quantitative estimate of drug-likeness (QED) is 0.470. The summed E-state index contributed by atoms with van der Waals surface area (Å²) in [7, 11) is 3.27. The highest BCUT2D eigenvalue weighted by molar-refractivity contribution is 5.81. The summed E-state index contributed by atoms with van der Waals surface area (Å²) in [6.45, 7) is 5.74. The number of hydrogen-bond acceptors (Lipinski definition) is 4. The van der Waals surface area contributed by atoms with Gasteiger partial charge in [0.1, 0.15) is 0 Å². The van der Waals surface area contributed by atoms with E-state index in [0.717, 1.165) is 29.2 Å². The number of benzene rings is 2. The average Bonchev–Trinajstić information content (AvgIpc) is 2.99. The normalized spacial score (nSPS) is 11.0. The van der Waals surface area contributed by atoms with Crippen LogP contribution in [0.4, 0.5) is 0 Å². The molecule has 0 radical (unpaired) electrons. The molecule has 0 saturated heterocycles. The lowest BCUT2D eigenvalue weighted by Crippen LogP contribution is -2.07. The van der Waals surface area contributed by atoms with Crippen molar-refractivity contribution >= 4 is 6.21 Å². The van der Waals surface area contributed by atoms with Crippen molar-refractivity contribution in [2.45, 2.75) is 26.9 Å². The highest BCUT2D eigenvalue weighted by atomic mass is 16.5. The second-order valence-electron chi connectivity index (χ2n) is 6.68. The zero-order valence-corrected chi connectivity index (χ0v) is 16.9. The topological polar surface area (TPSA) is 47.8 Å². The first kappa shape index (κ1) is 19.5. The number of aryl methyl sites for hydroxylation is 1. The van der Waals surface area contributed by atoms with Gasteiger partial charge in [-0.2, -0.15) is 5.10 Å². The molecule has 0 fully saturated rings. The van der Waals surface area contributed by atoms with Gasteiger partial charge in [0.25, 0.3) is 0 Å². The van der Waals surface area contributed by atoms with Crippen LogP contribution < -0.4 is 14.9 Å². The van der Waals surface area contributed by atoms with Crippen LogP contribution in [0.5, 0.6) is 11.5 Å². The van der Waals surface area contributed by atoms with Crippen LogP contribution in [0.2, 0.25) is 0 Å². The maximum Gasteiger partial charge on any atom is 0.161 e. The summed E-state index contributed by atoms with van der Waals surface area (Å²) in [6, 6.07) is 18.5. The van der Waals surface area contributed by atoms with Crippen LogP contribution >= 0.6 is 0 Å². The molecule has 1 N–H and O–H groups in total. The van der Waals surface area contributed by atoms with Gasteiger partial charge in [0.15, 0.2) is 11.5 Å². The summed E-state index contributed by atoms with van der Waals surface area (Å²) in [4.78, 5) is 0. The molecule has 0 spiro atoms. The van der Waals surface area contributed by atoms with Crippen molar-refractivity contribution in [2.75, 3.05) is 14.2 Å². The molecular formula is C23H27N3O2. The summed E-state index contributed by atoms with van der Waals surface area (Å²) < 4.78 is 12.9. The van der Waals surface area contributed by atoms with E-state index in [-0.39, 0.29) is 0 Å². The molecule has 5 heteroatoms. The Kier molecular flexibility index (Phi) is 6.37. The number of ether oxygens (including phenoxy) is 2. The monoisotopic (exact) mass is 377 g/mol. The SMILES string of the molecule is COc1ccc(CN/N=C/c2cc(C)n(Cc3ccccc3)c2C)cc1OC. The van der Waals surface area contributed by atoms with Gasteiger partial charge in [0.05, 0.1) is 27.0 Å².